The van der Waals surface area contributed by atoms with Crippen molar-refractivity contribution in [1.29, 1.82) is 0 Å². The van der Waals surface area contributed by atoms with Gasteiger partial charge >= 0.3 is 0 Å². The summed E-state index contributed by atoms with van der Waals surface area (Å²) in [4.78, 5) is 30.8. The van der Waals surface area contributed by atoms with Crippen molar-refractivity contribution in [3.8, 4) is 5.75 Å². The number of morpholine rings is 1. The Morgan fingerprint density at radius 3 is 2.64 bits per heavy atom. The first-order valence-corrected chi connectivity index (χ1v) is 11.1. The topological polar surface area (TPSA) is 72.2 Å². The van der Waals surface area contributed by atoms with Crippen molar-refractivity contribution in [3.63, 3.8) is 0 Å². The predicted octanol–water partition coefficient (Wildman–Crippen LogP) is 3.21. The number of benzene rings is 2. The molecule has 0 radical (unpaired) electrons. The van der Waals surface area contributed by atoms with E-state index in [1.54, 1.807) is 41.3 Å². The molecule has 0 aliphatic carbocycles. The Morgan fingerprint density at radius 2 is 1.88 bits per heavy atom. The number of amides is 1. The molecule has 172 valence electrons. The highest BCUT2D eigenvalue weighted by atomic mass is 19.1. The summed E-state index contributed by atoms with van der Waals surface area (Å²) < 4.78 is 31.4. The summed E-state index contributed by atoms with van der Waals surface area (Å²) in [7, 11) is 1.52. The van der Waals surface area contributed by atoms with Crippen molar-refractivity contribution in [2.45, 2.75) is 12.5 Å². The van der Waals surface area contributed by atoms with Crippen molar-refractivity contribution < 1.29 is 23.1 Å². The Hall–Kier alpha value is -3.23. The fourth-order valence-corrected chi connectivity index (χ4v) is 4.67. The van der Waals surface area contributed by atoms with Gasteiger partial charge < -0.3 is 18.8 Å². The molecule has 1 amide bonds. The van der Waals surface area contributed by atoms with Crippen LogP contribution in [0.2, 0.25) is 0 Å². The highest BCUT2D eigenvalue weighted by molar-refractivity contribution is 5.99. The van der Waals surface area contributed by atoms with E-state index < -0.39 is 17.8 Å². The Morgan fingerprint density at radius 1 is 1.09 bits per heavy atom. The molecule has 1 aromatic heterocycles. The molecule has 0 unspecified atom stereocenters. The molecule has 3 heterocycles. The first-order chi connectivity index (χ1) is 16.1. The maximum Gasteiger partial charge on any atom is 0.290 e. The molecule has 3 aromatic rings. The van der Waals surface area contributed by atoms with Crippen LogP contribution in [0, 0.1) is 5.82 Å². The molecule has 2 aliphatic rings. The number of carbonyl (C=O) groups excluding carboxylic acids is 1. The number of ether oxygens (including phenoxy) is 2. The van der Waals surface area contributed by atoms with Gasteiger partial charge in [-0.15, -0.1) is 0 Å². The van der Waals surface area contributed by atoms with E-state index in [4.69, 9.17) is 13.9 Å². The van der Waals surface area contributed by atoms with Crippen molar-refractivity contribution in [2.24, 2.45) is 0 Å². The van der Waals surface area contributed by atoms with Crippen LogP contribution in [0.4, 0.5) is 4.39 Å². The second-order valence-corrected chi connectivity index (χ2v) is 8.27. The molecule has 33 heavy (non-hydrogen) atoms. The van der Waals surface area contributed by atoms with Crippen molar-refractivity contribution in [3.05, 3.63) is 75.4 Å². The van der Waals surface area contributed by atoms with Crippen LogP contribution in [0.25, 0.3) is 11.0 Å². The van der Waals surface area contributed by atoms with Gasteiger partial charge in [-0.25, -0.2) is 4.39 Å². The second kappa shape index (κ2) is 8.96. The van der Waals surface area contributed by atoms with E-state index in [0.29, 0.717) is 37.3 Å². The highest BCUT2D eigenvalue weighted by Gasteiger charge is 2.43. The van der Waals surface area contributed by atoms with Crippen LogP contribution in [0.3, 0.4) is 0 Å². The lowest BCUT2D eigenvalue weighted by atomic mass is 9.98. The number of hydrogen-bond donors (Lipinski definition) is 0. The summed E-state index contributed by atoms with van der Waals surface area (Å²) in [6, 6.07) is 10.3. The van der Waals surface area contributed by atoms with Gasteiger partial charge in [-0.1, -0.05) is 18.2 Å². The average molecular weight is 452 g/mol. The summed E-state index contributed by atoms with van der Waals surface area (Å²) >= 11 is 0. The van der Waals surface area contributed by atoms with E-state index in [1.807, 2.05) is 0 Å². The minimum absolute atomic E-state index is 0.0274. The number of carbonyl (C=O) groups is 1. The first-order valence-electron chi connectivity index (χ1n) is 11.1. The molecule has 0 spiro atoms. The lowest BCUT2D eigenvalue weighted by Crippen LogP contribution is -2.39. The molecule has 7 nitrogen and oxygen atoms in total. The van der Waals surface area contributed by atoms with E-state index in [2.05, 4.69) is 4.90 Å². The third-order valence-electron chi connectivity index (χ3n) is 6.35. The van der Waals surface area contributed by atoms with Gasteiger partial charge in [0.2, 0.25) is 5.76 Å². The molecule has 0 bridgehead atoms. The smallest absolute Gasteiger partial charge is 0.290 e. The monoisotopic (exact) mass is 452 g/mol. The van der Waals surface area contributed by atoms with E-state index in [1.165, 1.54) is 13.2 Å². The number of methoxy groups -OCH3 is 1. The Kier molecular flexibility index (Phi) is 5.86. The first kappa shape index (κ1) is 21.6. The van der Waals surface area contributed by atoms with Crippen LogP contribution in [0.5, 0.6) is 5.75 Å². The number of rotatable bonds is 6. The molecule has 1 atom stereocenters. The highest BCUT2D eigenvalue weighted by Crippen LogP contribution is 2.39. The molecule has 2 aliphatic heterocycles. The third-order valence-corrected chi connectivity index (χ3v) is 6.35. The largest absolute Gasteiger partial charge is 0.497 e. The Bertz CT molecular complexity index is 1250. The maximum atomic E-state index is 14.9. The Balaban J connectivity index is 1.55. The van der Waals surface area contributed by atoms with Crippen LogP contribution in [-0.4, -0.2) is 62.2 Å². The minimum atomic E-state index is -0.832. The van der Waals surface area contributed by atoms with E-state index in [0.717, 1.165) is 19.6 Å². The van der Waals surface area contributed by atoms with E-state index in [9.17, 15) is 14.0 Å². The Labute approximate surface area is 190 Å². The fraction of sp³-hybridized carbons (Fsp3) is 0.360. The van der Waals surface area contributed by atoms with Crippen LogP contribution in [0.15, 0.2) is 51.7 Å². The summed E-state index contributed by atoms with van der Waals surface area (Å²) in [6.07, 6.45) is 0.687. The number of hydrogen-bond acceptors (Lipinski definition) is 6. The van der Waals surface area contributed by atoms with E-state index in [-0.39, 0.29) is 27.9 Å². The molecular weight excluding hydrogens is 427 g/mol. The lowest BCUT2D eigenvalue weighted by molar-refractivity contribution is 0.0353. The SMILES string of the molecule is COc1ccc2c(=O)c3c(oc2c1)C(=O)N(CCCN1CCOCC1)[C@H]3c1ccccc1F. The van der Waals surface area contributed by atoms with Gasteiger partial charge in [-0.05, 0) is 24.6 Å². The van der Waals surface area contributed by atoms with Gasteiger partial charge in [0.05, 0.1) is 37.3 Å². The molecule has 1 fully saturated rings. The second-order valence-electron chi connectivity index (χ2n) is 8.27. The van der Waals surface area contributed by atoms with Crippen molar-refractivity contribution in [2.75, 3.05) is 46.5 Å². The zero-order chi connectivity index (χ0) is 22.9. The van der Waals surface area contributed by atoms with E-state index >= 15 is 0 Å². The van der Waals surface area contributed by atoms with Gasteiger partial charge in [0.15, 0.2) is 5.43 Å². The summed E-state index contributed by atoms with van der Waals surface area (Å²) in [6.45, 7) is 4.24. The normalized spacial score (nSPS) is 18.7. The summed E-state index contributed by atoms with van der Waals surface area (Å²) in [5.41, 5.74) is 0.422. The predicted molar refractivity (Wildman–Crippen MR) is 120 cm³/mol. The average Bonchev–Trinajstić information content (AvgIpc) is 3.11. The van der Waals surface area contributed by atoms with Crippen LogP contribution >= 0.6 is 0 Å². The van der Waals surface area contributed by atoms with Crippen LogP contribution in [0.1, 0.15) is 34.1 Å². The molecule has 2 aromatic carbocycles. The molecule has 8 heteroatoms. The number of nitrogens with zero attached hydrogens (tertiary/aromatic N) is 2. The summed E-state index contributed by atoms with van der Waals surface area (Å²) in [5, 5.41) is 0.332. The number of halogens is 1. The molecular formula is C25H25FN2O5. The van der Waals surface area contributed by atoms with Crippen molar-refractivity contribution >= 4 is 16.9 Å². The lowest BCUT2D eigenvalue weighted by Gasteiger charge is -2.29. The van der Waals surface area contributed by atoms with Gasteiger partial charge in [0, 0.05) is 37.8 Å². The van der Waals surface area contributed by atoms with Crippen LogP contribution in [-0.2, 0) is 4.74 Å². The third kappa shape index (κ3) is 3.89. The molecule has 0 N–H and O–H groups in total. The van der Waals surface area contributed by atoms with Gasteiger partial charge in [0.25, 0.3) is 5.91 Å². The minimum Gasteiger partial charge on any atom is -0.497 e. The van der Waals surface area contributed by atoms with Crippen molar-refractivity contribution in [1.82, 2.24) is 9.80 Å². The van der Waals surface area contributed by atoms with Gasteiger partial charge in [0.1, 0.15) is 17.1 Å². The van der Waals surface area contributed by atoms with Crippen LogP contribution < -0.4 is 10.2 Å². The molecule has 1 saturated heterocycles. The molecule has 5 rings (SSSR count). The van der Waals surface area contributed by atoms with Gasteiger partial charge in [-0.3, -0.25) is 14.5 Å². The quantitative estimate of drug-likeness (QED) is 0.572. The number of fused-ring (bicyclic) bond motifs is 2. The summed E-state index contributed by atoms with van der Waals surface area (Å²) in [5.74, 6) is -0.373. The standard InChI is InChI=1S/C25H25FN2O5/c1-31-16-7-8-18-20(15-16)33-24-21(23(18)29)22(17-5-2-3-6-19(17)26)28(25(24)30)10-4-9-27-11-13-32-14-12-27/h2-3,5-8,15,22H,4,9-14H2,1H3/t22-/m0/s1. The zero-order valence-corrected chi connectivity index (χ0v) is 18.4. The maximum absolute atomic E-state index is 14.9. The molecule has 0 saturated carbocycles. The fourth-order valence-electron chi connectivity index (χ4n) is 4.67. The van der Waals surface area contributed by atoms with Gasteiger partial charge in [-0.2, -0.15) is 0 Å². The zero-order valence-electron chi connectivity index (χ0n) is 18.4.